The largest absolute Gasteiger partial charge is 0.493 e. The number of piperidine rings is 1. The summed E-state index contributed by atoms with van der Waals surface area (Å²) < 4.78 is 21.9. The van der Waals surface area contributed by atoms with Crippen LogP contribution >= 0.6 is 24.0 Å². The van der Waals surface area contributed by atoms with E-state index in [1.54, 1.807) is 40.6 Å². The Bertz CT molecular complexity index is 1020. The molecule has 0 aromatic heterocycles. The zero-order valence-electron chi connectivity index (χ0n) is 22.5. The van der Waals surface area contributed by atoms with Crippen molar-refractivity contribution in [2.75, 3.05) is 46.8 Å². The molecular formula is C28H39Cl2N3O5. The van der Waals surface area contributed by atoms with Gasteiger partial charge in [-0.3, -0.25) is 4.90 Å². The lowest BCUT2D eigenvalue weighted by Gasteiger charge is -2.38. The van der Waals surface area contributed by atoms with Crippen molar-refractivity contribution in [1.82, 2.24) is 10.2 Å². The molecular weight excluding hydrogens is 529 g/mol. The van der Waals surface area contributed by atoms with E-state index < -0.39 is 0 Å². The van der Waals surface area contributed by atoms with Gasteiger partial charge in [0.15, 0.2) is 11.5 Å². The minimum atomic E-state index is -0.265. The van der Waals surface area contributed by atoms with E-state index in [1.807, 2.05) is 12.1 Å². The summed E-state index contributed by atoms with van der Waals surface area (Å²) >= 11 is 6.04. The summed E-state index contributed by atoms with van der Waals surface area (Å²) in [6.07, 6.45) is 5.18. The standard InChI is InChI=1S/C28H38ClN3O5.ClH/c1-34-22-16-23(31-28(33)30-21-14-25(35-2)27(37-4)26(15-21)36-3)24(17-22)32-11-9-19(10-12-32)13-18-5-7-20(29)8-6-18;/h5-8,14-15,19,22-24H,9-13,16-17H2,1-4H3,(H2,30,31,33);1H/t22-,23+,24+;/m0./s1. The quantitative estimate of drug-likeness (QED) is 0.421. The fourth-order valence-electron chi connectivity index (χ4n) is 5.65. The number of nitrogens with one attached hydrogen (secondary N) is 2. The molecule has 0 spiro atoms. The summed E-state index contributed by atoms with van der Waals surface area (Å²) in [6, 6.07) is 11.6. The monoisotopic (exact) mass is 567 g/mol. The van der Waals surface area contributed by atoms with Crippen molar-refractivity contribution in [1.29, 1.82) is 0 Å². The van der Waals surface area contributed by atoms with Gasteiger partial charge in [-0.2, -0.15) is 0 Å². The van der Waals surface area contributed by atoms with Crippen LogP contribution in [-0.4, -0.2) is 70.6 Å². The smallest absolute Gasteiger partial charge is 0.319 e. The summed E-state index contributed by atoms with van der Waals surface area (Å²) in [5, 5.41) is 6.91. The van der Waals surface area contributed by atoms with Crippen LogP contribution in [0.15, 0.2) is 36.4 Å². The zero-order valence-corrected chi connectivity index (χ0v) is 24.1. The second-order valence-electron chi connectivity index (χ2n) is 9.83. The molecule has 10 heteroatoms. The van der Waals surface area contributed by atoms with Crippen LogP contribution in [0.4, 0.5) is 10.5 Å². The van der Waals surface area contributed by atoms with Gasteiger partial charge in [-0.25, -0.2) is 4.79 Å². The molecule has 8 nitrogen and oxygen atoms in total. The Hall–Kier alpha value is -2.39. The number of urea groups is 1. The van der Waals surface area contributed by atoms with E-state index in [2.05, 4.69) is 27.7 Å². The molecule has 1 saturated heterocycles. The molecule has 0 bridgehead atoms. The highest BCUT2D eigenvalue weighted by atomic mass is 35.5. The van der Waals surface area contributed by atoms with Crippen molar-refractivity contribution < 1.29 is 23.7 Å². The number of hydrogen-bond acceptors (Lipinski definition) is 6. The van der Waals surface area contributed by atoms with Crippen LogP contribution in [0.1, 0.15) is 31.2 Å². The number of anilines is 1. The minimum Gasteiger partial charge on any atom is -0.493 e. The van der Waals surface area contributed by atoms with Gasteiger partial charge in [-0.1, -0.05) is 23.7 Å². The van der Waals surface area contributed by atoms with Gasteiger partial charge in [0, 0.05) is 36.3 Å². The molecule has 3 atom stereocenters. The van der Waals surface area contributed by atoms with Gasteiger partial charge in [0.05, 0.1) is 33.1 Å². The molecule has 2 aromatic carbocycles. The number of nitrogens with zero attached hydrogens (tertiary/aromatic N) is 1. The Labute approximate surface area is 236 Å². The first kappa shape index (κ1) is 30.2. The number of rotatable bonds is 9. The number of likely N-dealkylation sites (tertiary alicyclic amines) is 1. The van der Waals surface area contributed by atoms with E-state index >= 15 is 0 Å². The van der Waals surface area contributed by atoms with Crippen LogP contribution in [-0.2, 0) is 11.2 Å². The summed E-state index contributed by atoms with van der Waals surface area (Å²) in [5.41, 5.74) is 1.90. The molecule has 38 heavy (non-hydrogen) atoms. The van der Waals surface area contributed by atoms with Gasteiger partial charge in [0.2, 0.25) is 5.75 Å². The van der Waals surface area contributed by atoms with Crippen LogP contribution in [0.2, 0.25) is 5.02 Å². The Kier molecular flexibility index (Phi) is 11.2. The number of benzene rings is 2. The average molecular weight is 569 g/mol. The number of ether oxygens (including phenoxy) is 4. The van der Waals surface area contributed by atoms with E-state index in [4.69, 9.17) is 30.5 Å². The molecule has 1 aliphatic carbocycles. The number of carbonyl (C=O) groups excluding carboxylic acids is 1. The van der Waals surface area contributed by atoms with Gasteiger partial charge in [0.1, 0.15) is 0 Å². The van der Waals surface area contributed by atoms with Crippen LogP contribution in [0, 0.1) is 5.92 Å². The Morgan fingerprint density at radius 1 is 0.974 bits per heavy atom. The number of halogens is 2. The molecule has 1 heterocycles. The maximum Gasteiger partial charge on any atom is 0.319 e. The van der Waals surface area contributed by atoms with E-state index in [0.717, 1.165) is 50.2 Å². The molecule has 2 aliphatic rings. The highest BCUT2D eigenvalue weighted by Gasteiger charge is 2.40. The third-order valence-electron chi connectivity index (χ3n) is 7.61. The summed E-state index contributed by atoms with van der Waals surface area (Å²) in [7, 11) is 6.40. The van der Waals surface area contributed by atoms with E-state index in [1.165, 1.54) is 5.56 Å². The molecule has 1 aliphatic heterocycles. The number of carbonyl (C=O) groups is 1. The summed E-state index contributed by atoms with van der Waals surface area (Å²) in [6.45, 7) is 2.04. The van der Waals surface area contributed by atoms with Crippen LogP contribution in [0.25, 0.3) is 0 Å². The molecule has 210 valence electrons. The van der Waals surface area contributed by atoms with Gasteiger partial charge in [0.25, 0.3) is 0 Å². The van der Waals surface area contributed by atoms with E-state index in [0.29, 0.717) is 28.9 Å². The Morgan fingerprint density at radius 3 is 2.16 bits per heavy atom. The van der Waals surface area contributed by atoms with Crippen molar-refractivity contribution in [3.05, 3.63) is 47.0 Å². The van der Waals surface area contributed by atoms with E-state index in [9.17, 15) is 4.79 Å². The van der Waals surface area contributed by atoms with Crippen LogP contribution < -0.4 is 24.8 Å². The van der Waals surface area contributed by atoms with Crippen molar-refractivity contribution in [2.24, 2.45) is 5.92 Å². The normalized spacial score (nSPS) is 21.9. The first-order valence-corrected chi connectivity index (χ1v) is 13.2. The highest BCUT2D eigenvalue weighted by molar-refractivity contribution is 6.30. The van der Waals surface area contributed by atoms with Crippen LogP contribution in [0.5, 0.6) is 17.2 Å². The molecule has 0 radical (unpaired) electrons. The molecule has 4 rings (SSSR count). The Morgan fingerprint density at radius 2 is 1.61 bits per heavy atom. The molecule has 2 aromatic rings. The highest BCUT2D eigenvalue weighted by Crippen LogP contribution is 2.40. The predicted molar refractivity (Wildman–Crippen MR) is 153 cm³/mol. The predicted octanol–water partition coefficient (Wildman–Crippen LogP) is 5.41. The number of hydrogen-bond donors (Lipinski definition) is 2. The minimum absolute atomic E-state index is 0. The Balaban J connectivity index is 0.00000400. The zero-order chi connectivity index (χ0) is 26.4. The average Bonchev–Trinajstić information content (AvgIpc) is 3.32. The molecule has 2 amide bonds. The lowest BCUT2D eigenvalue weighted by Crippen LogP contribution is -2.52. The van der Waals surface area contributed by atoms with Crippen molar-refractivity contribution in [3.63, 3.8) is 0 Å². The third-order valence-corrected chi connectivity index (χ3v) is 7.87. The third kappa shape index (κ3) is 7.38. The van der Waals surface area contributed by atoms with Gasteiger partial charge in [-0.15, -0.1) is 12.4 Å². The number of amides is 2. The number of methoxy groups -OCH3 is 4. The molecule has 0 unspecified atom stereocenters. The maximum atomic E-state index is 13.0. The second kappa shape index (κ2) is 14.1. The van der Waals surface area contributed by atoms with Gasteiger partial charge >= 0.3 is 6.03 Å². The lowest BCUT2D eigenvalue weighted by atomic mass is 9.89. The topological polar surface area (TPSA) is 81.3 Å². The summed E-state index contributed by atoms with van der Waals surface area (Å²) in [4.78, 5) is 15.6. The second-order valence-corrected chi connectivity index (χ2v) is 10.3. The fraction of sp³-hybridized carbons (Fsp3) is 0.536. The summed E-state index contributed by atoms with van der Waals surface area (Å²) in [5.74, 6) is 2.11. The van der Waals surface area contributed by atoms with Crippen LogP contribution in [0.3, 0.4) is 0 Å². The SMILES string of the molecule is COc1cc(NC(=O)N[C@@H]2C[C@H](OC)C[C@H]2N2CCC(Cc3ccc(Cl)cc3)CC2)cc(OC)c1OC.Cl. The first-order chi connectivity index (χ1) is 17.9. The van der Waals surface area contributed by atoms with E-state index in [-0.39, 0.29) is 36.6 Å². The van der Waals surface area contributed by atoms with Crippen molar-refractivity contribution >= 4 is 35.7 Å². The van der Waals surface area contributed by atoms with Gasteiger partial charge in [-0.05, 0) is 68.8 Å². The van der Waals surface area contributed by atoms with Crippen molar-refractivity contribution in [3.8, 4) is 17.2 Å². The molecule has 2 N–H and O–H groups in total. The van der Waals surface area contributed by atoms with Gasteiger partial charge < -0.3 is 29.6 Å². The maximum absolute atomic E-state index is 13.0. The van der Waals surface area contributed by atoms with Crippen molar-refractivity contribution in [2.45, 2.75) is 50.3 Å². The molecule has 1 saturated carbocycles. The lowest BCUT2D eigenvalue weighted by molar-refractivity contribution is 0.0859. The fourth-order valence-corrected chi connectivity index (χ4v) is 5.78. The first-order valence-electron chi connectivity index (χ1n) is 12.8. The molecule has 2 fully saturated rings.